The molecule has 0 spiro atoms. The second-order valence-electron chi connectivity index (χ2n) is 9.43. The number of benzene rings is 2. The van der Waals surface area contributed by atoms with E-state index in [0.29, 0.717) is 17.3 Å². The van der Waals surface area contributed by atoms with Gasteiger partial charge in [0.1, 0.15) is 18.9 Å². The number of anilines is 1. The minimum atomic E-state index is -1.30. The van der Waals surface area contributed by atoms with E-state index in [-0.39, 0.29) is 50.0 Å². The van der Waals surface area contributed by atoms with Crippen LogP contribution < -0.4 is 16.0 Å². The van der Waals surface area contributed by atoms with Gasteiger partial charge in [0.05, 0.1) is 0 Å². The Balaban J connectivity index is 1.44. The van der Waals surface area contributed by atoms with Crippen molar-refractivity contribution in [1.82, 2.24) is 10.2 Å². The number of amides is 3. The highest BCUT2D eigenvalue weighted by Crippen LogP contribution is 2.26. The van der Waals surface area contributed by atoms with Crippen LogP contribution in [-0.2, 0) is 27.3 Å². The zero-order valence-corrected chi connectivity index (χ0v) is 19.8. The highest BCUT2D eigenvalue weighted by Gasteiger charge is 2.31. The third-order valence-electron chi connectivity index (χ3n) is 6.65. The summed E-state index contributed by atoms with van der Waals surface area (Å²) in [6.07, 6.45) is 3.58. The lowest BCUT2D eigenvalue weighted by atomic mass is 10.0. The van der Waals surface area contributed by atoms with Crippen molar-refractivity contribution in [1.29, 1.82) is 0 Å². The van der Waals surface area contributed by atoms with Crippen LogP contribution in [0.2, 0.25) is 0 Å². The molecule has 2 aromatic carbocycles. The van der Waals surface area contributed by atoms with Crippen molar-refractivity contribution in [3.05, 3.63) is 65.0 Å². The Morgan fingerprint density at radius 1 is 1.03 bits per heavy atom. The Bertz CT molecular complexity index is 1150. The number of halogens is 3. The van der Waals surface area contributed by atoms with Crippen LogP contribution in [0.5, 0.6) is 0 Å². The smallest absolute Gasteiger partial charge is 0.247 e. The van der Waals surface area contributed by atoms with Gasteiger partial charge in [-0.2, -0.15) is 0 Å². The lowest BCUT2D eigenvalue weighted by Crippen LogP contribution is -2.46. The summed E-state index contributed by atoms with van der Waals surface area (Å²) in [7, 11) is 0. The van der Waals surface area contributed by atoms with Crippen molar-refractivity contribution >= 4 is 23.4 Å². The number of nitrogens with one attached hydrogen (secondary N) is 1. The van der Waals surface area contributed by atoms with E-state index in [9.17, 15) is 27.6 Å². The first-order valence-corrected chi connectivity index (χ1v) is 12.1. The average molecular weight is 503 g/mol. The number of nitrogens with two attached hydrogens (primary N) is 1. The van der Waals surface area contributed by atoms with E-state index < -0.39 is 35.3 Å². The summed E-state index contributed by atoms with van der Waals surface area (Å²) in [5, 5.41) is 2.98. The quantitative estimate of drug-likeness (QED) is 0.570. The Morgan fingerprint density at radius 3 is 2.47 bits per heavy atom. The predicted molar refractivity (Wildman–Crippen MR) is 127 cm³/mol. The second kappa shape index (κ2) is 11.1. The summed E-state index contributed by atoms with van der Waals surface area (Å²) in [5.74, 6) is -4.54. The van der Waals surface area contributed by atoms with E-state index in [0.717, 1.165) is 31.7 Å². The summed E-state index contributed by atoms with van der Waals surface area (Å²) in [4.78, 5) is 41.6. The van der Waals surface area contributed by atoms with E-state index in [1.165, 1.54) is 9.80 Å². The molecule has 1 aliphatic heterocycles. The summed E-state index contributed by atoms with van der Waals surface area (Å²) >= 11 is 0. The predicted octanol–water partition coefficient (Wildman–Crippen LogP) is 2.80. The molecular weight excluding hydrogens is 473 g/mol. The Hall–Kier alpha value is -3.40. The molecule has 0 saturated heterocycles. The van der Waals surface area contributed by atoms with Gasteiger partial charge in [-0.3, -0.25) is 14.4 Å². The number of hydrogen-bond acceptors (Lipinski definition) is 4. The highest BCUT2D eigenvalue weighted by atomic mass is 19.2. The van der Waals surface area contributed by atoms with Gasteiger partial charge >= 0.3 is 0 Å². The highest BCUT2D eigenvalue weighted by molar-refractivity contribution is 6.02. The van der Waals surface area contributed by atoms with Gasteiger partial charge in [0.15, 0.2) is 11.6 Å². The maximum Gasteiger partial charge on any atom is 0.247 e. The molecule has 3 amide bonds. The first-order valence-electron chi connectivity index (χ1n) is 12.1. The maximum atomic E-state index is 14.0. The molecule has 2 aliphatic rings. The molecule has 1 atom stereocenters. The van der Waals surface area contributed by atoms with E-state index in [2.05, 4.69) is 5.32 Å². The molecular formula is C26H29F3N4O3. The fourth-order valence-electron chi connectivity index (χ4n) is 4.82. The minimum absolute atomic E-state index is 0.119. The van der Waals surface area contributed by atoms with E-state index in [1.807, 2.05) is 0 Å². The van der Waals surface area contributed by atoms with Crippen LogP contribution in [0.25, 0.3) is 0 Å². The van der Waals surface area contributed by atoms with Crippen molar-refractivity contribution in [2.75, 3.05) is 18.0 Å². The number of para-hydroxylation sites is 1. The van der Waals surface area contributed by atoms with Crippen LogP contribution in [-0.4, -0.2) is 47.8 Å². The molecule has 192 valence electrons. The van der Waals surface area contributed by atoms with Gasteiger partial charge in [0.2, 0.25) is 17.7 Å². The summed E-state index contributed by atoms with van der Waals surface area (Å²) < 4.78 is 40.7. The van der Waals surface area contributed by atoms with Gasteiger partial charge in [-0.1, -0.05) is 31.0 Å². The van der Waals surface area contributed by atoms with Crippen LogP contribution in [0.3, 0.4) is 0 Å². The number of carbonyl (C=O) groups excluding carboxylic acids is 3. The van der Waals surface area contributed by atoms with Crippen LogP contribution in [0.4, 0.5) is 18.9 Å². The molecule has 36 heavy (non-hydrogen) atoms. The molecule has 2 aromatic rings. The van der Waals surface area contributed by atoms with Crippen molar-refractivity contribution in [3.63, 3.8) is 0 Å². The van der Waals surface area contributed by atoms with Gasteiger partial charge in [-0.05, 0) is 42.5 Å². The molecule has 4 rings (SSSR count). The van der Waals surface area contributed by atoms with Gasteiger partial charge in [-0.25, -0.2) is 13.2 Å². The Kier molecular flexibility index (Phi) is 7.93. The summed E-state index contributed by atoms with van der Waals surface area (Å²) in [5.41, 5.74) is 7.16. The lowest BCUT2D eigenvalue weighted by Gasteiger charge is -2.24. The zero-order valence-electron chi connectivity index (χ0n) is 19.8. The molecule has 7 nitrogen and oxygen atoms in total. The number of hydrogen-bond donors (Lipinski definition) is 2. The van der Waals surface area contributed by atoms with Crippen LogP contribution in [0.1, 0.15) is 43.2 Å². The Morgan fingerprint density at radius 2 is 1.72 bits per heavy atom. The summed E-state index contributed by atoms with van der Waals surface area (Å²) in [6, 6.07) is 7.49. The second-order valence-corrected chi connectivity index (χ2v) is 9.43. The molecule has 1 saturated carbocycles. The monoisotopic (exact) mass is 502 g/mol. The molecule has 1 fully saturated rings. The molecule has 10 heteroatoms. The molecule has 0 aromatic heterocycles. The first kappa shape index (κ1) is 25.7. The van der Waals surface area contributed by atoms with Gasteiger partial charge in [0.25, 0.3) is 0 Å². The third-order valence-corrected chi connectivity index (χ3v) is 6.65. The third kappa shape index (κ3) is 6.04. The molecule has 3 N–H and O–H groups in total. The number of fused-ring (bicyclic) bond motifs is 1. The van der Waals surface area contributed by atoms with Crippen molar-refractivity contribution < 1.29 is 27.6 Å². The molecule has 0 radical (unpaired) electrons. The normalized spacial score (nSPS) is 17.1. The topological polar surface area (TPSA) is 95.7 Å². The number of carbonyl (C=O) groups is 3. The van der Waals surface area contributed by atoms with Crippen LogP contribution in [0, 0.1) is 17.5 Å². The molecule has 1 heterocycles. The molecule has 1 aliphatic carbocycles. The summed E-state index contributed by atoms with van der Waals surface area (Å²) in [6.45, 7) is -0.270. The number of rotatable bonds is 7. The van der Waals surface area contributed by atoms with E-state index in [4.69, 9.17) is 5.73 Å². The SMILES string of the molecule is N[C@@H](CC(=O)N1CC(=O)N(CC(=O)NC2CCCC2)c2ccccc2C1)Cc1cc(F)c(F)cc1F. The first-order chi connectivity index (χ1) is 17.2. The maximum absolute atomic E-state index is 14.0. The fourth-order valence-corrected chi connectivity index (χ4v) is 4.82. The Labute approximate surface area is 207 Å². The van der Waals surface area contributed by atoms with Crippen molar-refractivity contribution in [3.8, 4) is 0 Å². The minimum Gasteiger partial charge on any atom is -0.352 e. The zero-order chi connectivity index (χ0) is 25.8. The lowest BCUT2D eigenvalue weighted by molar-refractivity contribution is -0.136. The van der Waals surface area contributed by atoms with Crippen LogP contribution in [0.15, 0.2) is 36.4 Å². The van der Waals surface area contributed by atoms with Gasteiger partial charge in [0, 0.05) is 36.8 Å². The fraction of sp³-hybridized carbons (Fsp3) is 0.423. The van der Waals surface area contributed by atoms with Crippen molar-refractivity contribution in [2.24, 2.45) is 5.73 Å². The molecule has 0 unspecified atom stereocenters. The number of nitrogens with zero attached hydrogens (tertiary/aromatic N) is 2. The van der Waals surface area contributed by atoms with Gasteiger partial charge in [-0.15, -0.1) is 0 Å². The van der Waals surface area contributed by atoms with Gasteiger partial charge < -0.3 is 20.9 Å². The molecule has 0 bridgehead atoms. The van der Waals surface area contributed by atoms with E-state index in [1.54, 1.807) is 24.3 Å². The van der Waals surface area contributed by atoms with E-state index >= 15 is 0 Å². The largest absolute Gasteiger partial charge is 0.352 e. The van der Waals surface area contributed by atoms with Crippen LogP contribution >= 0.6 is 0 Å². The average Bonchev–Trinajstić information content (AvgIpc) is 3.29. The van der Waals surface area contributed by atoms with Crippen molar-refractivity contribution in [2.45, 2.75) is 57.2 Å². The standard InChI is InChI=1S/C26H29F3N4O3/c27-20-12-22(29)21(28)10-17(20)9-18(30)11-25(35)32-13-16-5-1-4-8-23(16)33(26(36)15-32)14-24(34)31-19-6-2-3-7-19/h1,4-5,8,10,12,18-19H,2-3,6-7,9,11,13-15,30H2,(H,31,34)/t18-/m1/s1.